The number of benzene rings is 2. The smallest absolute Gasteiger partial charge is 0.166 e. The largest absolute Gasteiger partial charge is 0.378 e. The van der Waals surface area contributed by atoms with Crippen LogP contribution in [0.5, 0.6) is 0 Å². The van der Waals surface area contributed by atoms with Crippen LogP contribution in [0.2, 0.25) is 0 Å². The summed E-state index contributed by atoms with van der Waals surface area (Å²) < 4.78 is 0. The Bertz CT molecular complexity index is 673. The van der Waals surface area contributed by atoms with E-state index in [9.17, 15) is 4.79 Å². The molecule has 102 valence electrons. The van der Waals surface area contributed by atoms with Gasteiger partial charge >= 0.3 is 0 Å². The fourth-order valence-corrected chi connectivity index (χ4v) is 2.92. The number of hydrogen-bond donors (Lipinski definition) is 0. The summed E-state index contributed by atoms with van der Waals surface area (Å²) in [6, 6.07) is 14.6. The lowest BCUT2D eigenvalue weighted by Crippen LogP contribution is -2.08. The minimum Gasteiger partial charge on any atom is -0.378 e. The second-order valence-electron chi connectivity index (χ2n) is 5.75. The zero-order valence-electron chi connectivity index (χ0n) is 12.2. The minimum absolute atomic E-state index is 0.114. The zero-order valence-corrected chi connectivity index (χ0v) is 12.2. The average Bonchev–Trinajstić information content (AvgIpc) is 2.74. The van der Waals surface area contributed by atoms with Crippen molar-refractivity contribution in [1.29, 1.82) is 0 Å². The number of ketones is 1. The van der Waals surface area contributed by atoms with Crippen molar-refractivity contribution in [2.45, 2.75) is 13.3 Å². The molecule has 0 radical (unpaired) electrons. The quantitative estimate of drug-likeness (QED) is 0.823. The van der Waals surface area contributed by atoms with E-state index in [2.05, 4.69) is 41.3 Å². The number of carbonyl (C=O) groups is 1. The number of rotatable bonds is 2. The first-order valence-corrected chi connectivity index (χ1v) is 7.02. The van der Waals surface area contributed by atoms with Crippen molar-refractivity contribution in [3.8, 4) is 11.1 Å². The molecule has 3 rings (SSSR count). The minimum atomic E-state index is 0.114. The van der Waals surface area contributed by atoms with Gasteiger partial charge < -0.3 is 4.90 Å². The number of fused-ring (bicyclic) bond motifs is 1. The normalized spacial score (nSPS) is 17.1. The van der Waals surface area contributed by atoms with Gasteiger partial charge in [0.25, 0.3) is 0 Å². The topological polar surface area (TPSA) is 20.3 Å². The van der Waals surface area contributed by atoms with Crippen molar-refractivity contribution in [3.63, 3.8) is 0 Å². The molecule has 0 aliphatic heterocycles. The molecule has 2 heteroatoms. The lowest BCUT2D eigenvalue weighted by Gasteiger charge is -2.15. The van der Waals surface area contributed by atoms with Gasteiger partial charge in [-0.05, 0) is 35.2 Å². The van der Waals surface area contributed by atoms with Gasteiger partial charge in [-0.1, -0.05) is 37.3 Å². The molecule has 1 unspecified atom stereocenters. The first kappa shape index (κ1) is 12.9. The summed E-state index contributed by atoms with van der Waals surface area (Å²) in [4.78, 5) is 14.5. The third-order valence-corrected chi connectivity index (χ3v) is 4.04. The van der Waals surface area contributed by atoms with Gasteiger partial charge in [-0.2, -0.15) is 0 Å². The Morgan fingerprint density at radius 3 is 2.60 bits per heavy atom. The van der Waals surface area contributed by atoms with Crippen LogP contribution in [0.1, 0.15) is 22.8 Å². The van der Waals surface area contributed by atoms with Crippen LogP contribution < -0.4 is 4.90 Å². The van der Waals surface area contributed by atoms with E-state index in [1.807, 2.05) is 27.1 Å². The van der Waals surface area contributed by atoms with Crippen molar-refractivity contribution in [3.05, 3.63) is 53.6 Å². The van der Waals surface area contributed by atoms with Crippen LogP contribution in [0.4, 0.5) is 5.69 Å². The second-order valence-corrected chi connectivity index (χ2v) is 5.75. The number of carbonyl (C=O) groups excluding carboxylic acids is 1. The molecule has 0 spiro atoms. The third kappa shape index (κ3) is 2.01. The summed E-state index contributed by atoms with van der Waals surface area (Å²) in [6.45, 7) is 2.02. The van der Waals surface area contributed by atoms with Crippen molar-refractivity contribution in [2.24, 2.45) is 5.92 Å². The van der Waals surface area contributed by atoms with Gasteiger partial charge in [0, 0.05) is 31.3 Å². The fourth-order valence-electron chi connectivity index (χ4n) is 2.92. The van der Waals surface area contributed by atoms with E-state index in [1.165, 1.54) is 5.56 Å². The monoisotopic (exact) mass is 265 g/mol. The third-order valence-electron chi connectivity index (χ3n) is 4.04. The highest BCUT2D eigenvalue weighted by molar-refractivity contribution is 6.07. The second kappa shape index (κ2) is 4.78. The highest BCUT2D eigenvalue weighted by Gasteiger charge is 2.29. The summed E-state index contributed by atoms with van der Waals surface area (Å²) in [5.41, 5.74) is 5.46. The first-order chi connectivity index (χ1) is 9.58. The molecule has 0 N–H and O–H groups in total. The fraction of sp³-hybridized carbons (Fsp3) is 0.278. The lowest BCUT2D eigenvalue weighted by molar-refractivity contribution is 0.0947. The summed E-state index contributed by atoms with van der Waals surface area (Å²) >= 11 is 0. The molecule has 2 aromatic carbocycles. The van der Waals surface area contributed by atoms with E-state index >= 15 is 0 Å². The molecule has 2 aromatic rings. The Labute approximate surface area is 120 Å². The van der Waals surface area contributed by atoms with Crippen LogP contribution >= 0.6 is 0 Å². The van der Waals surface area contributed by atoms with Gasteiger partial charge in [0.15, 0.2) is 5.78 Å². The Morgan fingerprint density at radius 1 is 1.10 bits per heavy atom. The highest BCUT2D eigenvalue weighted by atomic mass is 16.1. The van der Waals surface area contributed by atoms with E-state index in [-0.39, 0.29) is 11.7 Å². The van der Waals surface area contributed by atoms with Crippen LogP contribution in [0, 0.1) is 5.92 Å². The summed E-state index contributed by atoms with van der Waals surface area (Å²) in [7, 11) is 4.06. The molecule has 0 saturated carbocycles. The summed E-state index contributed by atoms with van der Waals surface area (Å²) in [5.74, 6) is 0.397. The van der Waals surface area contributed by atoms with E-state index in [0.29, 0.717) is 0 Å². The summed E-state index contributed by atoms with van der Waals surface area (Å²) in [5, 5.41) is 0. The molecule has 0 amide bonds. The van der Waals surface area contributed by atoms with Crippen LogP contribution in [0.15, 0.2) is 42.5 Å². The summed E-state index contributed by atoms with van der Waals surface area (Å²) in [6.07, 6.45) is 0.870. The first-order valence-electron chi connectivity index (χ1n) is 7.02. The molecule has 0 saturated heterocycles. The lowest BCUT2D eigenvalue weighted by atomic mass is 9.95. The molecule has 0 bridgehead atoms. The predicted octanol–water partition coefficient (Wildman–Crippen LogP) is 3.79. The van der Waals surface area contributed by atoms with Gasteiger partial charge in [0.2, 0.25) is 0 Å². The highest BCUT2D eigenvalue weighted by Crippen LogP contribution is 2.35. The van der Waals surface area contributed by atoms with Crippen LogP contribution in [-0.4, -0.2) is 19.9 Å². The van der Waals surface area contributed by atoms with Crippen molar-refractivity contribution in [2.75, 3.05) is 19.0 Å². The maximum absolute atomic E-state index is 12.4. The molecule has 0 fully saturated rings. The number of Topliss-reactive ketones (excluding diaryl/α,β-unsaturated/α-hetero) is 1. The molecule has 20 heavy (non-hydrogen) atoms. The van der Waals surface area contributed by atoms with Gasteiger partial charge in [0.1, 0.15) is 0 Å². The van der Waals surface area contributed by atoms with Crippen LogP contribution in [0.25, 0.3) is 11.1 Å². The predicted molar refractivity (Wildman–Crippen MR) is 83.4 cm³/mol. The molecule has 1 aliphatic rings. The van der Waals surface area contributed by atoms with Crippen LogP contribution in [-0.2, 0) is 6.42 Å². The van der Waals surface area contributed by atoms with Gasteiger partial charge in [0.05, 0.1) is 0 Å². The van der Waals surface area contributed by atoms with E-state index in [4.69, 9.17) is 0 Å². The Balaban J connectivity index is 2.15. The van der Waals surface area contributed by atoms with Gasteiger partial charge in [-0.3, -0.25) is 4.79 Å². The molecule has 2 nitrogen and oxygen atoms in total. The zero-order chi connectivity index (χ0) is 14.3. The molecular weight excluding hydrogens is 246 g/mol. The van der Waals surface area contributed by atoms with Gasteiger partial charge in [-0.25, -0.2) is 0 Å². The number of nitrogens with zero attached hydrogens (tertiary/aromatic N) is 1. The molecule has 0 aromatic heterocycles. The molecule has 1 atom stereocenters. The Hall–Kier alpha value is -2.09. The maximum atomic E-state index is 12.4. The molecule has 0 heterocycles. The van der Waals surface area contributed by atoms with Crippen molar-refractivity contribution in [1.82, 2.24) is 0 Å². The maximum Gasteiger partial charge on any atom is 0.166 e. The Morgan fingerprint density at radius 2 is 1.85 bits per heavy atom. The molecule has 1 aliphatic carbocycles. The SMILES string of the molecule is CC1Cc2cccc(-c3cccc(N(C)C)c3)c2C1=O. The van der Waals surface area contributed by atoms with E-state index < -0.39 is 0 Å². The van der Waals surface area contributed by atoms with Crippen molar-refractivity contribution >= 4 is 11.5 Å². The van der Waals surface area contributed by atoms with E-state index in [1.54, 1.807) is 0 Å². The Kier molecular flexibility index (Phi) is 3.09. The van der Waals surface area contributed by atoms with Gasteiger partial charge in [-0.15, -0.1) is 0 Å². The average molecular weight is 265 g/mol. The number of hydrogen-bond acceptors (Lipinski definition) is 2. The molecular formula is C18H19NO. The van der Waals surface area contributed by atoms with E-state index in [0.717, 1.165) is 28.8 Å². The number of anilines is 1. The van der Waals surface area contributed by atoms with Crippen LogP contribution in [0.3, 0.4) is 0 Å². The standard InChI is InChI=1S/C18H19NO/c1-12-10-14-7-5-9-16(17(14)18(12)20)13-6-4-8-15(11-13)19(2)3/h4-9,11-12H,10H2,1-3H3. The van der Waals surface area contributed by atoms with Crippen molar-refractivity contribution < 1.29 is 4.79 Å².